The summed E-state index contributed by atoms with van der Waals surface area (Å²) >= 11 is 0. The van der Waals surface area contributed by atoms with Gasteiger partial charge < -0.3 is 14.9 Å². The third kappa shape index (κ3) is 3.85. The van der Waals surface area contributed by atoms with Gasteiger partial charge in [0.05, 0.1) is 7.11 Å². The molecule has 0 atom stereocenters. The van der Waals surface area contributed by atoms with E-state index >= 15 is 0 Å². The summed E-state index contributed by atoms with van der Waals surface area (Å²) in [4.78, 5) is 11.2. The molecule has 0 saturated heterocycles. The molecule has 2 aromatic rings. The Bertz CT molecular complexity index is 802. The molecule has 0 bridgehead atoms. The quantitative estimate of drug-likeness (QED) is 0.631. The van der Waals surface area contributed by atoms with E-state index in [1.165, 1.54) is 50.5 Å². The number of carbonyl (C=O) groups is 1. The zero-order valence-corrected chi connectivity index (χ0v) is 14.2. The second-order valence-electron chi connectivity index (χ2n) is 6.39. The largest absolute Gasteiger partial charge is 0.507 e. The predicted molar refractivity (Wildman–Crippen MR) is 97.5 cm³/mol. The van der Waals surface area contributed by atoms with Crippen molar-refractivity contribution in [1.82, 2.24) is 0 Å². The molecular formula is C21H22O4. The highest BCUT2D eigenvalue weighted by molar-refractivity contribution is 5.88. The maximum Gasteiger partial charge on any atom is 0.330 e. The van der Waals surface area contributed by atoms with Crippen LogP contribution in [0.5, 0.6) is 11.5 Å². The lowest BCUT2D eigenvalue weighted by Crippen LogP contribution is -1.93. The lowest BCUT2D eigenvalue weighted by molar-refractivity contribution is -0.134. The molecule has 0 amide bonds. The maximum absolute atomic E-state index is 11.2. The SMILES string of the molecule is COC(=O)C=Cc1cc(-c2ccc(C3CCCC3)cc2O)ccc1O. The number of rotatable bonds is 4. The molecule has 25 heavy (non-hydrogen) atoms. The Morgan fingerprint density at radius 1 is 1.08 bits per heavy atom. The monoisotopic (exact) mass is 338 g/mol. The van der Waals surface area contributed by atoms with Crippen LogP contribution in [0.4, 0.5) is 0 Å². The summed E-state index contributed by atoms with van der Waals surface area (Å²) in [6.07, 6.45) is 7.61. The molecule has 0 spiro atoms. The van der Waals surface area contributed by atoms with Gasteiger partial charge in [-0.1, -0.05) is 31.0 Å². The van der Waals surface area contributed by atoms with Crippen molar-refractivity contribution in [3.8, 4) is 22.6 Å². The minimum absolute atomic E-state index is 0.0611. The van der Waals surface area contributed by atoms with E-state index in [0.717, 1.165) is 5.56 Å². The molecule has 1 aliphatic rings. The van der Waals surface area contributed by atoms with Crippen LogP contribution < -0.4 is 0 Å². The minimum atomic E-state index is -0.492. The number of hydrogen-bond acceptors (Lipinski definition) is 4. The van der Waals surface area contributed by atoms with Crippen LogP contribution in [-0.4, -0.2) is 23.3 Å². The lowest BCUT2D eigenvalue weighted by atomic mass is 9.94. The van der Waals surface area contributed by atoms with E-state index < -0.39 is 5.97 Å². The molecule has 0 radical (unpaired) electrons. The summed E-state index contributed by atoms with van der Waals surface area (Å²) < 4.78 is 4.56. The first-order valence-corrected chi connectivity index (χ1v) is 8.51. The molecule has 4 nitrogen and oxygen atoms in total. The van der Waals surface area contributed by atoms with Gasteiger partial charge in [-0.05, 0) is 54.2 Å². The van der Waals surface area contributed by atoms with Crippen molar-refractivity contribution >= 4 is 12.0 Å². The molecule has 0 aliphatic heterocycles. The fourth-order valence-electron chi connectivity index (χ4n) is 3.39. The Morgan fingerprint density at radius 2 is 1.84 bits per heavy atom. The van der Waals surface area contributed by atoms with Gasteiger partial charge in [0.2, 0.25) is 0 Å². The molecule has 1 fully saturated rings. The Labute approximate surface area is 147 Å². The van der Waals surface area contributed by atoms with E-state index in [1.807, 2.05) is 12.1 Å². The number of ether oxygens (including phenoxy) is 1. The summed E-state index contributed by atoms with van der Waals surface area (Å²) in [6.45, 7) is 0. The molecule has 0 heterocycles. The van der Waals surface area contributed by atoms with E-state index in [2.05, 4.69) is 10.8 Å². The van der Waals surface area contributed by atoms with E-state index in [1.54, 1.807) is 18.2 Å². The molecule has 130 valence electrons. The highest BCUT2D eigenvalue weighted by Gasteiger charge is 2.18. The summed E-state index contributed by atoms with van der Waals surface area (Å²) in [5.41, 5.74) is 3.15. The Hall–Kier alpha value is -2.75. The average molecular weight is 338 g/mol. The van der Waals surface area contributed by atoms with Crippen LogP contribution in [0.1, 0.15) is 42.7 Å². The van der Waals surface area contributed by atoms with Crippen molar-refractivity contribution in [2.75, 3.05) is 7.11 Å². The number of methoxy groups -OCH3 is 1. The first-order valence-electron chi connectivity index (χ1n) is 8.51. The number of phenolic OH excluding ortho intramolecular Hbond substituents is 2. The predicted octanol–water partition coefficient (Wildman–Crippen LogP) is 4.61. The van der Waals surface area contributed by atoms with Crippen LogP contribution in [0, 0.1) is 0 Å². The van der Waals surface area contributed by atoms with Crippen molar-refractivity contribution in [3.05, 3.63) is 53.6 Å². The zero-order valence-electron chi connectivity index (χ0n) is 14.2. The van der Waals surface area contributed by atoms with Gasteiger partial charge in [-0.2, -0.15) is 0 Å². The first-order chi connectivity index (χ1) is 12.1. The molecule has 2 N–H and O–H groups in total. The van der Waals surface area contributed by atoms with Crippen LogP contribution in [0.3, 0.4) is 0 Å². The van der Waals surface area contributed by atoms with Gasteiger partial charge in [0.25, 0.3) is 0 Å². The number of carbonyl (C=O) groups excluding carboxylic acids is 1. The second-order valence-corrected chi connectivity index (χ2v) is 6.39. The first kappa shape index (κ1) is 17.1. The Balaban J connectivity index is 1.91. The summed E-state index contributed by atoms with van der Waals surface area (Å²) in [7, 11) is 1.30. The van der Waals surface area contributed by atoms with E-state index in [-0.39, 0.29) is 11.5 Å². The summed E-state index contributed by atoms with van der Waals surface area (Å²) in [5.74, 6) is 0.343. The van der Waals surface area contributed by atoms with Crippen LogP contribution >= 0.6 is 0 Å². The number of phenols is 2. The highest BCUT2D eigenvalue weighted by atomic mass is 16.5. The molecule has 1 saturated carbocycles. The molecule has 1 aliphatic carbocycles. The van der Waals surface area contributed by atoms with Gasteiger partial charge in [-0.25, -0.2) is 4.79 Å². The molecule has 2 aromatic carbocycles. The van der Waals surface area contributed by atoms with Gasteiger partial charge >= 0.3 is 5.97 Å². The van der Waals surface area contributed by atoms with Gasteiger partial charge in [-0.3, -0.25) is 0 Å². The standard InChI is InChI=1S/C21H22O4/c1-25-21(24)11-8-17-12-16(7-10-19(17)22)18-9-6-15(13-20(18)23)14-4-2-3-5-14/h6-14,22-23H,2-5H2,1H3. The van der Waals surface area contributed by atoms with Gasteiger partial charge in [-0.15, -0.1) is 0 Å². The third-order valence-electron chi connectivity index (χ3n) is 4.79. The van der Waals surface area contributed by atoms with Gasteiger partial charge in [0.1, 0.15) is 11.5 Å². The second kappa shape index (κ2) is 7.43. The van der Waals surface area contributed by atoms with Gasteiger partial charge in [0, 0.05) is 17.2 Å². The smallest absolute Gasteiger partial charge is 0.330 e. The lowest BCUT2D eigenvalue weighted by Gasteiger charge is -2.13. The fourth-order valence-corrected chi connectivity index (χ4v) is 3.39. The molecule has 3 rings (SSSR count). The van der Waals surface area contributed by atoms with Gasteiger partial charge in [0.15, 0.2) is 0 Å². The van der Waals surface area contributed by atoms with Crippen molar-refractivity contribution in [2.45, 2.75) is 31.6 Å². The van der Waals surface area contributed by atoms with Crippen LogP contribution in [0.2, 0.25) is 0 Å². The normalized spacial score (nSPS) is 14.9. The fraction of sp³-hybridized carbons (Fsp3) is 0.286. The van der Waals surface area contributed by atoms with Crippen molar-refractivity contribution in [1.29, 1.82) is 0 Å². The molecule has 0 aromatic heterocycles. The molecule has 0 unspecified atom stereocenters. The van der Waals surface area contributed by atoms with Crippen molar-refractivity contribution in [3.63, 3.8) is 0 Å². The average Bonchev–Trinajstić information content (AvgIpc) is 3.15. The highest BCUT2D eigenvalue weighted by Crippen LogP contribution is 2.39. The topological polar surface area (TPSA) is 66.8 Å². The van der Waals surface area contributed by atoms with E-state index in [0.29, 0.717) is 17.0 Å². The number of esters is 1. The summed E-state index contributed by atoms with van der Waals surface area (Å²) in [6, 6.07) is 10.9. The van der Waals surface area contributed by atoms with E-state index in [9.17, 15) is 15.0 Å². The van der Waals surface area contributed by atoms with Crippen LogP contribution in [0.15, 0.2) is 42.5 Å². The summed E-state index contributed by atoms with van der Waals surface area (Å²) in [5, 5.41) is 20.4. The van der Waals surface area contributed by atoms with Crippen LogP contribution in [-0.2, 0) is 9.53 Å². The van der Waals surface area contributed by atoms with Crippen molar-refractivity contribution < 1.29 is 19.7 Å². The van der Waals surface area contributed by atoms with Crippen LogP contribution in [0.25, 0.3) is 17.2 Å². The van der Waals surface area contributed by atoms with E-state index in [4.69, 9.17) is 0 Å². The maximum atomic E-state index is 11.2. The van der Waals surface area contributed by atoms with Crippen molar-refractivity contribution in [2.24, 2.45) is 0 Å². The number of aromatic hydroxyl groups is 2. The zero-order chi connectivity index (χ0) is 17.8. The molecular weight excluding hydrogens is 316 g/mol. The number of hydrogen-bond donors (Lipinski definition) is 2. The third-order valence-corrected chi connectivity index (χ3v) is 4.79. The minimum Gasteiger partial charge on any atom is -0.507 e. The Kier molecular flexibility index (Phi) is 5.08. The number of benzene rings is 2. The molecule has 4 heteroatoms. The Morgan fingerprint density at radius 3 is 2.52 bits per heavy atom.